The molecule has 3 aromatic rings. The van der Waals surface area contributed by atoms with Crippen LogP contribution in [-0.4, -0.2) is 25.0 Å². The second-order valence-corrected chi connectivity index (χ2v) is 5.43. The quantitative estimate of drug-likeness (QED) is 0.749. The Labute approximate surface area is 117 Å². The van der Waals surface area contributed by atoms with Gasteiger partial charge in [0, 0.05) is 7.05 Å². The van der Waals surface area contributed by atoms with Gasteiger partial charge < -0.3 is 9.67 Å². The normalized spacial score (nSPS) is 11.6. The van der Waals surface area contributed by atoms with Crippen LogP contribution in [0.15, 0.2) is 16.7 Å². The monoisotopic (exact) mass is 321 g/mol. The van der Waals surface area contributed by atoms with E-state index in [1.165, 1.54) is 5.56 Å². The van der Waals surface area contributed by atoms with Gasteiger partial charge in [0.1, 0.15) is 4.60 Å². The van der Waals surface area contributed by atoms with E-state index in [9.17, 15) is 9.90 Å². The summed E-state index contributed by atoms with van der Waals surface area (Å²) in [7, 11) is 1.70. The van der Waals surface area contributed by atoms with Gasteiger partial charge in [0.2, 0.25) is 5.78 Å². The van der Waals surface area contributed by atoms with Crippen molar-refractivity contribution in [3.05, 3.63) is 33.6 Å². The second-order valence-electron chi connectivity index (χ2n) is 4.68. The highest BCUT2D eigenvalue weighted by Crippen LogP contribution is 2.28. The maximum Gasteiger partial charge on any atom is 0.355 e. The summed E-state index contributed by atoms with van der Waals surface area (Å²) < 4.78 is 3.92. The Hall–Kier alpha value is -1.82. The van der Waals surface area contributed by atoms with Crippen molar-refractivity contribution in [2.45, 2.75) is 13.8 Å². The number of benzene rings is 1. The Bertz CT molecular complexity index is 845. The first-order chi connectivity index (χ1) is 8.91. The third-order valence-corrected chi connectivity index (χ3v) is 4.21. The third kappa shape index (κ3) is 1.53. The van der Waals surface area contributed by atoms with Crippen molar-refractivity contribution in [2.75, 3.05) is 0 Å². The number of hydrogen-bond donors (Lipinski definition) is 1. The van der Waals surface area contributed by atoms with Gasteiger partial charge in [0.25, 0.3) is 0 Å². The first kappa shape index (κ1) is 12.2. The van der Waals surface area contributed by atoms with Crippen LogP contribution in [0.5, 0.6) is 0 Å². The van der Waals surface area contributed by atoms with Gasteiger partial charge in [-0.1, -0.05) is 0 Å². The SMILES string of the molecule is Cc1cc2nc3n(C)c(C(=O)O)c(Br)n3c2cc1C. The van der Waals surface area contributed by atoms with Crippen LogP contribution in [0.25, 0.3) is 16.8 Å². The summed E-state index contributed by atoms with van der Waals surface area (Å²) in [5.41, 5.74) is 4.30. The van der Waals surface area contributed by atoms with Crippen molar-refractivity contribution in [2.24, 2.45) is 7.05 Å². The Balaban J connectivity index is 2.53. The van der Waals surface area contributed by atoms with Crippen LogP contribution >= 0.6 is 15.9 Å². The molecule has 1 N–H and O–H groups in total. The van der Waals surface area contributed by atoms with Gasteiger partial charge in [-0.15, -0.1) is 0 Å². The molecule has 5 nitrogen and oxygen atoms in total. The Morgan fingerprint density at radius 3 is 2.58 bits per heavy atom. The number of carboxylic acids is 1. The zero-order chi connectivity index (χ0) is 13.9. The highest BCUT2D eigenvalue weighted by Gasteiger charge is 2.22. The van der Waals surface area contributed by atoms with E-state index < -0.39 is 5.97 Å². The van der Waals surface area contributed by atoms with E-state index in [4.69, 9.17) is 0 Å². The number of fused-ring (bicyclic) bond motifs is 3. The minimum atomic E-state index is -0.975. The van der Waals surface area contributed by atoms with Crippen molar-refractivity contribution >= 4 is 38.7 Å². The van der Waals surface area contributed by atoms with Gasteiger partial charge >= 0.3 is 5.97 Å². The number of hydrogen-bond acceptors (Lipinski definition) is 2. The number of aromatic carboxylic acids is 1. The largest absolute Gasteiger partial charge is 0.476 e. The van der Waals surface area contributed by atoms with Crippen LogP contribution in [0.4, 0.5) is 0 Å². The molecule has 0 spiro atoms. The summed E-state index contributed by atoms with van der Waals surface area (Å²) in [6.07, 6.45) is 0. The van der Waals surface area contributed by atoms with Crippen LogP contribution in [0.1, 0.15) is 21.6 Å². The van der Waals surface area contributed by atoms with E-state index >= 15 is 0 Å². The molecule has 2 heterocycles. The van der Waals surface area contributed by atoms with E-state index in [2.05, 4.69) is 20.9 Å². The molecule has 0 bridgehead atoms. The van der Waals surface area contributed by atoms with E-state index in [1.54, 1.807) is 11.6 Å². The maximum atomic E-state index is 11.3. The summed E-state index contributed by atoms with van der Waals surface area (Å²) >= 11 is 3.37. The van der Waals surface area contributed by atoms with Crippen LogP contribution in [0.3, 0.4) is 0 Å². The molecule has 0 aliphatic rings. The van der Waals surface area contributed by atoms with Gasteiger partial charge in [-0.2, -0.15) is 0 Å². The Kier molecular flexibility index (Phi) is 2.47. The molecule has 0 radical (unpaired) electrons. The molecular formula is C13H12BrN3O2. The molecule has 0 amide bonds. The molecule has 0 aliphatic heterocycles. The average Bonchev–Trinajstić information content (AvgIpc) is 2.78. The molecule has 0 unspecified atom stereocenters. The molecule has 19 heavy (non-hydrogen) atoms. The lowest BCUT2D eigenvalue weighted by molar-refractivity contribution is 0.0685. The lowest BCUT2D eigenvalue weighted by Crippen LogP contribution is -2.05. The number of halogens is 1. The van der Waals surface area contributed by atoms with Gasteiger partial charge in [-0.25, -0.2) is 9.78 Å². The molecular weight excluding hydrogens is 310 g/mol. The molecule has 0 saturated heterocycles. The van der Waals surface area contributed by atoms with Crippen LogP contribution in [0, 0.1) is 13.8 Å². The van der Waals surface area contributed by atoms with E-state index in [0.717, 1.165) is 16.6 Å². The Morgan fingerprint density at radius 2 is 1.95 bits per heavy atom. The van der Waals surface area contributed by atoms with Crippen LogP contribution in [-0.2, 0) is 7.05 Å². The average molecular weight is 322 g/mol. The molecule has 0 aliphatic carbocycles. The van der Waals surface area contributed by atoms with Crippen molar-refractivity contribution in [1.29, 1.82) is 0 Å². The fraction of sp³-hybridized carbons (Fsp3) is 0.231. The molecule has 3 rings (SSSR count). The lowest BCUT2D eigenvalue weighted by Gasteiger charge is -2.00. The summed E-state index contributed by atoms with van der Waals surface area (Å²) in [4.78, 5) is 15.8. The predicted octanol–water partition coefficient (Wildman–Crippen LogP) is 2.90. The van der Waals surface area contributed by atoms with Crippen molar-refractivity contribution in [1.82, 2.24) is 14.0 Å². The summed E-state index contributed by atoms with van der Waals surface area (Å²) in [6, 6.07) is 4.05. The number of rotatable bonds is 1. The number of imidazole rings is 2. The van der Waals surface area contributed by atoms with Gasteiger partial charge in [0.05, 0.1) is 11.0 Å². The van der Waals surface area contributed by atoms with Crippen molar-refractivity contribution in [3.8, 4) is 0 Å². The first-order valence-corrected chi connectivity index (χ1v) is 6.58. The van der Waals surface area contributed by atoms with Crippen LogP contribution in [0.2, 0.25) is 0 Å². The molecule has 2 aromatic heterocycles. The van der Waals surface area contributed by atoms with Crippen molar-refractivity contribution < 1.29 is 9.90 Å². The van der Waals surface area contributed by atoms with E-state index in [1.807, 2.05) is 30.4 Å². The first-order valence-electron chi connectivity index (χ1n) is 5.78. The molecule has 0 saturated carbocycles. The standard InChI is InChI=1S/C13H12BrN3O2/c1-6-4-8-9(5-7(6)2)17-11(14)10(12(18)19)16(3)13(17)15-8/h4-5H,1-3H3,(H,18,19). The zero-order valence-corrected chi connectivity index (χ0v) is 12.3. The van der Waals surface area contributed by atoms with Gasteiger partial charge in [-0.05, 0) is 53.0 Å². The van der Waals surface area contributed by atoms with Gasteiger partial charge in [0.15, 0.2) is 5.69 Å². The second kappa shape index (κ2) is 3.84. The maximum absolute atomic E-state index is 11.3. The zero-order valence-electron chi connectivity index (χ0n) is 10.7. The fourth-order valence-electron chi connectivity index (χ4n) is 2.31. The van der Waals surface area contributed by atoms with Crippen molar-refractivity contribution in [3.63, 3.8) is 0 Å². The number of nitrogens with zero attached hydrogens (tertiary/aromatic N) is 3. The molecule has 1 aromatic carbocycles. The van der Waals surface area contributed by atoms with Gasteiger partial charge in [-0.3, -0.25) is 4.40 Å². The lowest BCUT2D eigenvalue weighted by atomic mass is 10.1. The number of aromatic nitrogens is 3. The minimum Gasteiger partial charge on any atom is -0.476 e. The predicted molar refractivity (Wildman–Crippen MR) is 75.8 cm³/mol. The topological polar surface area (TPSA) is 59.5 Å². The van der Waals surface area contributed by atoms with Crippen LogP contribution < -0.4 is 0 Å². The third-order valence-electron chi connectivity index (χ3n) is 3.48. The highest BCUT2D eigenvalue weighted by atomic mass is 79.9. The minimum absolute atomic E-state index is 0.197. The molecule has 98 valence electrons. The molecule has 6 heteroatoms. The number of aryl methyl sites for hydroxylation is 3. The number of carbonyl (C=O) groups is 1. The smallest absolute Gasteiger partial charge is 0.355 e. The summed E-state index contributed by atoms with van der Waals surface area (Å²) in [5.74, 6) is -0.360. The summed E-state index contributed by atoms with van der Waals surface area (Å²) in [6.45, 7) is 4.07. The number of carboxylic acid groups (broad SMARTS) is 1. The van der Waals surface area contributed by atoms with E-state index in [0.29, 0.717) is 10.4 Å². The molecule has 0 atom stereocenters. The summed E-state index contributed by atoms with van der Waals surface area (Å²) in [5, 5.41) is 9.24. The molecule has 0 fully saturated rings. The fourth-order valence-corrected chi connectivity index (χ4v) is 3.10. The highest BCUT2D eigenvalue weighted by molar-refractivity contribution is 9.10. The Morgan fingerprint density at radius 1 is 1.32 bits per heavy atom. The van der Waals surface area contributed by atoms with E-state index in [-0.39, 0.29) is 5.69 Å².